The van der Waals surface area contributed by atoms with Gasteiger partial charge in [-0.05, 0) is 43.5 Å². The van der Waals surface area contributed by atoms with Crippen molar-refractivity contribution in [3.8, 4) is 5.75 Å². The number of aliphatic imine (C=N–C) groups is 1. The number of nitrogen functional groups attached to an aromatic ring is 1. The molecular formula is C22H39N7O. The lowest BCUT2D eigenvalue weighted by Gasteiger charge is -2.18. The lowest BCUT2D eigenvalue weighted by Crippen LogP contribution is -2.35. The molecule has 1 aromatic rings. The summed E-state index contributed by atoms with van der Waals surface area (Å²) in [6.07, 6.45) is 9.63. The summed E-state index contributed by atoms with van der Waals surface area (Å²) >= 11 is 0. The van der Waals surface area contributed by atoms with Crippen molar-refractivity contribution in [2.45, 2.75) is 57.8 Å². The number of benzene rings is 1. The predicted molar refractivity (Wildman–Crippen MR) is 126 cm³/mol. The second kappa shape index (κ2) is 15.1. The maximum Gasteiger partial charge on any atom is 0.190 e. The van der Waals surface area contributed by atoms with Crippen molar-refractivity contribution >= 4 is 17.6 Å². The molecule has 0 radical (unpaired) electrons. The summed E-state index contributed by atoms with van der Waals surface area (Å²) in [6, 6.07) is 7.21. The zero-order valence-electron chi connectivity index (χ0n) is 18.3. The Morgan fingerprint density at radius 3 is 2.10 bits per heavy atom. The van der Waals surface area contributed by atoms with Crippen molar-refractivity contribution in [3.63, 3.8) is 0 Å². The Labute approximate surface area is 180 Å². The summed E-state index contributed by atoms with van der Waals surface area (Å²) in [5, 5.41) is 14.6. The molecule has 0 aliphatic rings. The summed E-state index contributed by atoms with van der Waals surface area (Å²) in [5.41, 5.74) is 17.5. The molecule has 0 aliphatic carbocycles. The van der Waals surface area contributed by atoms with Crippen LogP contribution in [0.25, 0.3) is 0 Å². The van der Waals surface area contributed by atoms with E-state index in [1.807, 2.05) is 24.1 Å². The van der Waals surface area contributed by atoms with Crippen LogP contribution in [0.2, 0.25) is 0 Å². The number of rotatable bonds is 16. The van der Waals surface area contributed by atoms with Crippen molar-refractivity contribution in [2.75, 3.05) is 26.7 Å². The fraction of sp³-hybridized carbons (Fsp3) is 0.591. The average molecular weight is 418 g/mol. The third kappa shape index (κ3) is 11.9. The summed E-state index contributed by atoms with van der Waals surface area (Å²) in [4.78, 5) is 6.42. The Morgan fingerprint density at radius 1 is 0.900 bits per heavy atom. The van der Waals surface area contributed by atoms with Crippen molar-refractivity contribution in [1.29, 1.82) is 10.8 Å². The van der Waals surface area contributed by atoms with E-state index in [0.717, 1.165) is 50.9 Å². The van der Waals surface area contributed by atoms with E-state index in [9.17, 15) is 0 Å². The van der Waals surface area contributed by atoms with E-state index >= 15 is 0 Å². The predicted octanol–water partition coefficient (Wildman–Crippen LogP) is 3.04. The second-order valence-corrected chi connectivity index (χ2v) is 7.55. The fourth-order valence-corrected chi connectivity index (χ4v) is 2.96. The lowest BCUT2D eigenvalue weighted by atomic mass is 10.1. The number of ether oxygens (including phenoxy) is 1. The van der Waals surface area contributed by atoms with Crippen LogP contribution < -0.4 is 21.9 Å². The van der Waals surface area contributed by atoms with Gasteiger partial charge in [0.05, 0.1) is 12.4 Å². The normalized spacial score (nSPS) is 11.3. The van der Waals surface area contributed by atoms with Gasteiger partial charge in [-0.2, -0.15) is 0 Å². The monoisotopic (exact) mass is 417 g/mol. The highest BCUT2D eigenvalue weighted by Gasteiger charge is 2.02. The van der Waals surface area contributed by atoms with Crippen LogP contribution in [-0.2, 0) is 0 Å². The number of amidine groups is 2. The summed E-state index contributed by atoms with van der Waals surface area (Å²) < 4.78 is 5.71. The van der Waals surface area contributed by atoms with Gasteiger partial charge in [0.15, 0.2) is 5.96 Å². The first-order chi connectivity index (χ1) is 14.4. The molecular weight excluding hydrogens is 378 g/mol. The Hall–Kier alpha value is -2.77. The number of unbranched alkanes of at least 4 members (excludes halogenated alkanes) is 6. The maximum absolute atomic E-state index is 7.38. The van der Waals surface area contributed by atoms with Gasteiger partial charge >= 0.3 is 0 Å². The van der Waals surface area contributed by atoms with Crippen LogP contribution in [0, 0.1) is 10.8 Å². The van der Waals surface area contributed by atoms with Gasteiger partial charge in [-0.3, -0.25) is 15.8 Å². The Kier molecular flexibility index (Phi) is 12.7. The molecule has 8 heteroatoms. The summed E-state index contributed by atoms with van der Waals surface area (Å²) in [7, 11) is 1.95. The quantitative estimate of drug-likeness (QED) is 0.159. The van der Waals surface area contributed by atoms with Crippen LogP contribution >= 0.6 is 0 Å². The molecule has 0 atom stereocenters. The molecule has 0 saturated carbocycles. The summed E-state index contributed by atoms with van der Waals surface area (Å²) in [6.45, 7) is 2.13. The zero-order valence-corrected chi connectivity index (χ0v) is 18.3. The van der Waals surface area contributed by atoms with Gasteiger partial charge < -0.3 is 26.8 Å². The van der Waals surface area contributed by atoms with Crippen LogP contribution in [0.4, 0.5) is 0 Å². The molecule has 0 amide bonds. The smallest absolute Gasteiger partial charge is 0.190 e. The van der Waals surface area contributed by atoms with Crippen molar-refractivity contribution in [2.24, 2.45) is 22.2 Å². The van der Waals surface area contributed by atoms with E-state index in [0.29, 0.717) is 24.0 Å². The van der Waals surface area contributed by atoms with E-state index in [1.165, 1.54) is 25.7 Å². The first-order valence-electron chi connectivity index (χ1n) is 10.8. The standard InChI is InChI=1S/C22H39N7O/c1-29(16-9-17-30-19-13-11-18(12-14-19)21(25)26)22(27)28-15-8-6-4-2-3-5-7-10-20(23)24/h11-14H,2-10,15-17H2,1H3,(H3,23,24)(H3,25,26)(H2,27,28). The second-order valence-electron chi connectivity index (χ2n) is 7.55. The molecule has 30 heavy (non-hydrogen) atoms. The number of guanidine groups is 1. The van der Waals surface area contributed by atoms with Gasteiger partial charge in [0, 0.05) is 32.1 Å². The van der Waals surface area contributed by atoms with E-state index in [1.54, 1.807) is 12.1 Å². The number of nitrogens with zero attached hydrogens (tertiary/aromatic N) is 2. The first-order valence-corrected chi connectivity index (χ1v) is 10.8. The molecule has 0 unspecified atom stereocenters. The van der Waals surface area contributed by atoms with E-state index in [2.05, 4.69) is 4.99 Å². The Bertz CT molecular complexity index is 658. The van der Waals surface area contributed by atoms with Crippen molar-refractivity contribution in [3.05, 3.63) is 29.8 Å². The molecule has 0 spiro atoms. The molecule has 8 nitrogen and oxygen atoms in total. The number of nitrogens with two attached hydrogens (primary N) is 3. The van der Waals surface area contributed by atoms with Crippen molar-refractivity contribution in [1.82, 2.24) is 4.90 Å². The largest absolute Gasteiger partial charge is 0.494 e. The van der Waals surface area contributed by atoms with Gasteiger partial charge in [0.25, 0.3) is 0 Å². The maximum atomic E-state index is 7.38. The molecule has 1 rings (SSSR count). The average Bonchev–Trinajstić information content (AvgIpc) is 2.72. The molecule has 8 N–H and O–H groups in total. The molecule has 0 heterocycles. The van der Waals surface area contributed by atoms with Crippen molar-refractivity contribution < 1.29 is 4.74 Å². The SMILES string of the molecule is CN(CCCOc1ccc(C(=N)N)cc1)C(N)=NCCCCCCCCCC(=N)N. The molecule has 168 valence electrons. The highest BCUT2D eigenvalue weighted by atomic mass is 16.5. The number of hydrogen-bond donors (Lipinski definition) is 5. The molecule has 0 saturated heterocycles. The van der Waals surface area contributed by atoms with Crippen LogP contribution in [0.15, 0.2) is 29.3 Å². The van der Waals surface area contributed by atoms with Crippen LogP contribution in [0.1, 0.15) is 63.4 Å². The van der Waals surface area contributed by atoms with Gasteiger partial charge in [-0.25, -0.2) is 0 Å². The molecule has 0 fully saturated rings. The third-order valence-electron chi connectivity index (χ3n) is 4.84. The number of hydrogen-bond acceptors (Lipinski definition) is 4. The molecule has 0 bridgehead atoms. The third-order valence-corrected chi connectivity index (χ3v) is 4.84. The topological polar surface area (TPSA) is 151 Å². The fourth-order valence-electron chi connectivity index (χ4n) is 2.96. The van der Waals surface area contributed by atoms with Gasteiger partial charge in [-0.1, -0.05) is 32.1 Å². The highest BCUT2D eigenvalue weighted by molar-refractivity contribution is 5.94. The minimum Gasteiger partial charge on any atom is -0.494 e. The Morgan fingerprint density at radius 2 is 1.50 bits per heavy atom. The van der Waals surface area contributed by atoms with E-state index in [-0.39, 0.29) is 5.84 Å². The van der Waals surface area contributed by atoms with Crippen LogP contribution in [0.5, 0.6) is 5.75 Å². The number of nitrogens with one attached hydrogen (secondary N) is 2. The van der Waals surface area contributed by atoms with Gasteiger partial charge in [-0.15, -0.1) is 0 Å². The van der Waals surface area contributed by atoms with Crippen LogP contribution in [0.3, 0.4) is 0 Å². The Balaban J connectivity index is 2.05. The van der Waals surface area contributed by atoms with E-state index in [4.69, 9.17) is 32.8 Å². The van der Waals surface area contributed by atoms with E-state index < -0.39 is 0 Å². The van der Waals surface area contributed by atoms with Gasteiger partial charge in [0.2, 0.25) is 0 Å². The molecule has 0 aromatic heterocycles. The minimum absolute atomic E-state index is 0.0547. The first kappa shape index (κ1) is 25.3. The zero-order chi connectivity index (χ0) is 22.2. The van der Waals surface area contributed by atoms with Gasteiger partial charge in [0.1, 0.15) is 11.6 Å². The lowest BCUT2D eigenvalue weighted by molar-refractivity contribution is 0.294. The minimum atomic E-state index is 0.0547. The summed E-state index contributed by atoms with van der Waals surface area (Å²) in [5.74, 6) is 1.69. The van der Waals surface area contributed by atoms with Crippen LogP contribution in [-0.4, -0.2) is 49.3 Å². The molecule has 0 aliphatic heterocycles. The highest BCUT2D eigenvalue weighted by Crippen LogP contribution is 2.12. The molecule has 1 aromatic carbocycles.